The molecule has 2 aromatic rings. The van der Waals surface area contributed by atoms with Gasteiger partial charge in [-0.2, -0.15) is 5.10 Å². The van der Waals surface area contributed by atoms with E-state index in [1.165, 1.54) is 17.8 Å². The molecule has 9 nitrogen and oxygen atoms in total. The molecule has 2 fully saturated rings. The summed E-state index contributed by atoms with van der Waals surface area (Å²) in [6, 6.07) is 0.348. The van der Waals surface area contributed by atoms with Crippen molar-refractivity contribution in [2.45, 2.75) is 74.3 Å². The van der Waals surface area contributed by atoms with Crippen LogP contribution in [0, 0.1) is 5.92 Å². The van der Waals surface area contributed by atoms with Crippen LogP contribution in [0.1, 0.15) is 48.2 Å². The molecule has 3 atom stereocenters. The molecule has 2 unspecified atom stereocenters. The molecule has 2 saturated carbocycles. The van der Waals surface area contributed by atoms with E-state index in [9.17, 15) is 30.8 Å². The number of aryl methyl sites for hydroxylation is 2. The number of carbonyl (C=O) groups is 1. The third kappa shape index (κ3) is 5.67. The first-order valence-corrected chi connectivity index (χ1v) is 14.8. The van der Waals surface area contributed by atoms with Crippen molar-refractivity contribution in [3.8, 4) is 0 Å². The van der Waals surface area contributed by atoms with Gasteiger partial charge in [0.2, 0.25) is 15.9 Å². The van der Waals surface area contributed by atoms with Gasteiger partial charge in [-0.05, 0) is 56.3 Å². The highest BCUT2D eigenvalue weighted by molar-refractivity contribution is 7.90. The number of anilines is 2. The number of halogens is 4. The van der Waals surface area contributed by atoms with Gasteiger partial charge >= 0.3 is 0 Å². The second-order valence-electron chi connectivity index (χ2n) is 9.81. The minimum absolute atomic E-state index is 0.0737. The van der Waals surface area contributed by atoms with E-state index in [-0.39, 0.29) is 52.6 Å². The molecule has 0 aliphatic heterocycles. The van der Waals surface area contributed by atoms with Gasteiger partial charge in [-0.3, -0.25) is 9.48 Å². The maximum atomic E-state index is 13.5. The lowest BCUT2D eigenvalue weighted by Gasteiger charge is -2.30. The minimum atomic E-state index is -4.12. The first-order valence-electron chi connectivity index (χ1n) is 12.1. The maximum absolute atomic E-state index is 13.5. The molecular formula is C22H26F4N6O3S3. The molecule has 208 valence electrons. The summed E-state index contributed by atoms with van der Waals surface area (Å²) in [6.45, 7) is 0. The van der Waals surface area contributed by atoms with Crippen LogP contribution in [-0.2, 0) is 34.7 Å². The van der Waals surface area contributed by atoms with E-state index in [2.05, 4.69) is 25.8 Å². The number of aromatic nitrogens is 2. The van der Waals surface area contributed by atoms with Crippen LogP contribution in [-0.4, -0.2) is 53.6 Å². The van der Waals surface area contributed by atoms with Crippen LogP contribution in [0.15, 0.2) is 11.0 Å². The SMILES string of the molecule is Cn1nc(C(F)F)cc1NC(=S)N[C@H]1CCc2sc(NC(=O)C3CC3F)c(S(=O)(=O)NC3CC(F)C3)c2C1. The lowest BCUT2D eigenvalue weighted by Crippen LogP contribution is -2.45. The summed E-state index contributed by atoms with van der Waals surface area (Å²) >= 11 is 6.49. The number of sulfonamides is 1. The topological polar surface area (TPSA) is 117 Å². The molecule has 0 aromatic carbocycles. The van der Waals surface area contributed by atoms with Crippen molar-refractivity contribution in [1.29, 1.82) is 0 Å². The predicted octanol–water partition coefficient (Wildman–Crippen LogP) is 3.34. The smallest absolute Gasteiger partial charge is 0.282 e. The molecule has 2 aromatic heterocycles. The van der Waals surface area contributed by atoms with Crippen molar-refractivity contribution in [3.05, 3.63) is 22.2 Å². The third-order valence-electron chi connectivity index (χ3n) is 6.87. The zero-order valence-electron chi connectivity index (χ0n) is 20.1. The van der Waals surface area contributed by atoms with Gasteiger partial charge in [0.25, 0.3) is 6.43 Å². The summed E-state index contributed by atoms with van der Waals surface area (Å²) in [7, 11) is -2.63. The van der Waals surface area contributed by atoms with Crippen molar-refractivity contribution in [2.75, 3.05) is 10.6 Å². The summed E-state index contributed by atoms with van der Waals surface area (Å²) in [4.78, 5) is 13.2. The van der Waals surface area contributed by atoms with Crippen molar-refractivity contribution >= 4 is 55.4 Å². The van der Waals surface area contributed by atoms with E-state index in [1.807, 2.05) is 0 Å². The summed E-state index contributed by atoms with van der Waals surface area (Å²) in [5, 5.41) is 12.5. The molecule has 1 amide bonds. The number of fused-ring (bicyclic) bond motifs is 1. The standard InChI is InChI=1S/C22H26F4N6O3S3/c1-32-17(8-15(30-32)19(25)26)28-22(36)27-10-2-3-16-13(6-10)18(38(34,35)31-11-4-9(23)5-11)21(37-16)29-20(33)12-7-14(12)24/h8-12,14,19,31H,2-7H2,1H3,(H,29,33)(H2,27,28,36)/t9?,10-,11?,12?,14?/m0/s1. The average Bonchev–Trinajstić information content (AvgIpc) is 3.26. The van der Waals surface area contributed by atoms with E-state index >= 15 is 0 Å². The van der Waals surface area contributed by atoms with Crippen molar-refractivity contribution in [2.24, 2.45) is 13.0 Å². The van der Waals surface area contributed by atoms with Gasteiger partial charge in [0.1, 0.15) is 33.8 Å². The molecular weight excluding hydrogens is 568 g/mol. The number of alkyl halides is 4. The molecule has 3 aliphatic carbocycles. The first kappa shape index (κ1) is 27.3. The Morgan fingerprint density at radius 1 is 1.21 bits per heavy atom. The van der Waals surface area contributed by atoms with Crippen LogP contribution in [0.25, 0.3) is 0 Å². The number of amides is 1. The van der Waals surface area contributed by atoms with E-state index < -0.39 is 52.4 Å². The molecule has 5 rings (SSSR count). The number of rotatable bonds is 8. The van der Waals surface area contributed by atoms with E-state index in [1.54, 1.807) is 0 Å². The molecule has 0 bridgehead atoms. The number of hydrogen-bond donors (Lipinski definition) is 4. The maximum Gasteiger partial charge on any atom is 0.282 e. The summed E-state index contributed by atoms with van der Waals surface area (Å²) < 4.78 is 83.3. The lowest BCUT2D eigenvalue weighted by molar-refractivity contribution is -0.117. The normalized spacial score (nSPS) is 26.4. The van der Waals surface area contributed by atoms with Gasteiger partial charge in [0, 0.05) is 30.1 Å². The number of thiocarbonyl (C=S) groups is 1. The molecule has 2 heterocycles. The van der Waals surface area contributed by atoms with E-state index in [0.717, 1.165) is 16.2 Å². The van der Waals surface area contributed by atoms with Crippen molar-refractivity contribution in [3.63, 3.8) is 0 Å². The number of nitrogens with zero attached hydrogens (tertiary/aromatic N) is 2. The Balaban J connectivity index is 1.34. The van der Waals surface area contributed by atoms with Gasteiger partial charge in [0.05, 0.1) is 5.92 Å². The molecule has 0 spiro atoms. The Morgan fingerprint density at radius 3 is 2.53 bits per heavy atom. The number of nitrogens with one attached hydrogen (secondary N) is 4. The third-order valence-corrected chi connectivity index (χ3v) is 10.1. The van der Waals surface area contributed by atoms with Crippen molar-refractivity contribution in [1.82, 2.24) is 19.8 Å². The Labute approximate surface area is 225 Å². The molecule has 4 N–H and O–H groups in total. The van der Waals surface area contributed by atoms with E-state index in [0.29, 0.717) is 18.4 Å². The minimum Gasteiger partial charge on any atom is -0.359 e. The van der Waals surface area contributed by atoms with Crippen LogP contribution in [0.4, 0.5) is 28.4 Å². The average molecular weight is 595 g/mol. The molecule has 3 aliphatic rings. The Kier molecular flexibility index (Phi) is 7.43. The number of thiophene rings is 1. The fourth-order valence-electron chi connectivity index (χ4n) is 4.66. The molecule has 16 heteroatoms. The molecule has 0 saturated heterocycles. The quantitative estimate of drug-likeness (QED) is 0.274. The number of carbonyl (C=O) groups excluding carboxylic acids is 1. The lowest BCUT2D eigenvalue weighted by atomic mass is 9.92. The fraction of sp³-hybridized carbons (Fsp3) is 0.591. The van der Waals surface area contributed by atoms with E-state index in [4.69, 9.17) is 12.2 Å². The van der Waals surface area contributed by atoms with Crippen LogP contribution in [0.5, 0.6) is 0 Å². The van der Waals surface area contributed by atoms with Crippen LogP contribution < -0.4 is 20.7 Å². The van der Waals surface area contributed by atoms with Crippen molar-refractivity contribution < 1.29 is 30.8 Å². The second kappa shape index (κ2) is 10.4. The van der Waals surface area contributed by atoms with Crippen LogP contribution in [0.2, 0.25) is 0 Å². The van der Waals surface area contributed by atoms with Gasteiger partial charge in [-0.1, -0.05) is 0 Å². The first-order chi connectivity index (χ1) is 17.9. The summed E-state index contributed by atoms with van der Waals surface area (Å²) in [6.07, 6.45) is -3.46. The van der Waals surface area contributed by atoms with Gasteiger partial charge in [0.15, 0.2) is 5.11 Å². The summed E-state index contributed by atoms with van der Waals surface area (Å²) in [5.74, 6) is -1.10. The summed E-state index contributed by atoms with van der Waals surface area (Å²) in [5.41, 5.74) is 0.111. The monoisotopic (exact) mass is 594 g/mol. The second-order valence-corrected chi connectivity index (χ2v) is 13.0. The Morgan fingerprint density at radius 2 is 1.92 bits per heavy atom. The zero-order chi connectivity index (χ0) is 27.4. The zero-order valence-corrected chi connectivity index (χ0v) is 22.6. The van der Waals surface area contributed by atoms with Crippen LogP contribution >= 0.6 is 23.6 Å². The van der Waals surface area contributed by atoms with Gasteiger partial charge in [-0.15, -0.1) is 11.3 Å². The molecule has 0 radical (unpaired) electrons. The van der Waals surface area contributed by atoms with Crippen LogP contribution in [0.3, 0.4) is 0 Å². The highest BCUT2D eigenvalue weighted by Gasteiger charge is 2.45. The Bertz CT molecular complexity index is 1360. The highest BCUT2D eigenvalue weighted by atomic mass is 32.2. The predicted molar refractivity (Wildman–Crippen MR) is 138 cm³/mol. The van der Waals surface area contributed by atoms with Gasteiger partial charge < -0.3 is 16.0 Å². The van der Waals surface area contributed by atoms with Gasteiger partial charge in [-0.25, -0.2) is 30.7 Å². The number of hydrogen-bond acceptors (Lipinski definition) is 6. The largest absolute Gasteiger partial charge is 0.359 e. The fourth-order valence-corrected chi connectivity index (χ4v) is 8.17. The molecule has 38 heavy (non-hydrogen) atoms. The highest BCUT2D eigenvalue weighted by Crippen LogP contribution is 2.43. The Hall–Kier alpha value is -2.30.